The number of rotatable bonds is 5. The summed E-state index contributed by atoms with van der Waals surface area (Å²) < 4.78 is 3.88. The fourth-order valence-electron chi connectivity index (χ4n) is 3.47. The SMILES string of the molecule is Cc1cc(CNc2cc(-c3ccc4nccn4c3)n(-c3cccc(C)n3)n2)ccn1. The van der Waals surface area contributed by atoms with Crippen molar-refractivity contribution in [3.8, 4) is 17.1 Å². The third-order valence-corrected chi connectivity index (χ3v) is 4.92. The van der Waals surface area contributed by atoms with Crippen LogP contribution in [0.4, 0.5) is 5.82 Å². The number of fused-ring (bicyclic) bond motifs is 1. The van der Waals surface area contributed by atoms with Crippen LogP contribution in [0.5, 0.6) is 0 Å². The molecule has 30 heavy (non-hydrogen) atoms. The molecule has 0 radical (unpaired) electrons. The maximum Gasteiger partial charge on any atom is 0.154 e. The Morgan fingerprint density at radius 2 is 1.87 bits per heavy atom. The van der Waals surface area contributed by atoms with Crippen molar-refractivity contribution in [1.82, 2.24) is 29.1 Å². The average molecular weight is 395 g/mol. The highest BCUT2D eigenvalue weighted by Gasteiger charge is 2.14. The van der Waals surface area contributed by atoms with Gasteiger partial charge in [0, 0.05) is 54.3 Å². The minimum Gasteiger partial charge on any atom is -0.364 e. The van der Waals surface area contributed by atoms with Gasteiger partial charge in [0.1, 0.15) is 11.5 Å². The highest BCUT2D eigenvalue weighted by molar-refractivity contribution is 5.66. The minimum absolute atomic E-state index is 0.668. The van der Waals surface area contributed by atoms with Crippen LogP contribution in [0.15, 0.2) is 73.3 Å². The van der Waals surface area contributed by atoms with Gasteiger partial charge in [0.25, 0.3) is 0 Å². The first-order chi connectivity index (χ1) is 14.7. The van der Waals surface area contributed by atoms with E-state index in [-0.39, 0.29) is 0 Å². The number of imidazole rings is 1. The number of aryl methyl sites for hydroxylation is 2. The summed E-state index contributed by atoms with van der Waals surface area (Å²) in [4.78, 5) is 13.3. The lowest BCUT2D eigenvalue weighted by molar-refractivity contribution is 0.845. The molecule has 0 aliphatic rings. The predicted octanol–water partition coefficient (Wildman–Crippen LogP) is 4.21. The molecule has 5 aromatic heterocycles. The summed E-state index contributed by atoms with van der Waals surface area (Å²) in [5.41, 5.74) is 6.00. The molecular weight excluding hydrogens is 374 g/mol. The van der Waals surface area contributed by atoms with E-state index in [0.29, 0.717) is 6.54 Å². The Kier molecular flexibility index (Phi) is 4.48. The fraction of sp³-hybridized carbons (Fsp3) is 0.130. The molecule has 0 saturated carbocycles. The van der Waals surface area contributed by atoms with Crippen LogP contribution in [0.1, 0.15) is 17.0 Å². The van der Waals surface area contributed by atoms with Crippen LogP contribution in [0.25, 0.3) is 22.7 Å². The molecule has 5 rings (SSSR count). The highest BCUT2D eigenvalue weighted by atomic mass is 15.3. The van der Waals surface area contributed by atoms with Crippen molar-refractivity contribution in [3.63, 3.8) is 0 Å². The molecular formula is C23H21N7. The van der Waals surface area contributed by atoms with Gasteiger partial charge in [-0.25, -0.2) is 14.6 Å². The van der Waals surface area contributed by atoms with Gasteiger partial charge < -0.3 is 9.72 Å². The molecule has 148 valence electrons. The lowest BCUT2D eigenvalue weighted by atomic mass is 10.2. The molecule has 0 saturated heterocycles. The topological polar surface area (TPSA) is 72.9 Å². The van der Waals surface area contributed by atoms with E-state index in [2.05, 4.69) is 44.7 Å². The van der Waals surface area contributed by atoms with Gasteiger partial charge in [-0.15, -0.1) is 5.10 Å². The van der Waals surface area contributed by atoms with Gasteiger partial charge in [0.2, 0.25) is 0 Å². The first-order valence-corrected chi connectivity index (χ1v) is 9.78. The van der Waals surface area contributed by atoms with Crippen molar-refractivity contribution >= 4 is 11.5 Å². The molecule has 0 atom stereocenters. The van der Waals surface area contributed by atoms with Gasteiger partial charge in [0.05, 0.1) is 5.69 Å². The van der Waals surface area contributed by atoms with E-state index < -0.39 is 0 Å². The van der Waals surface area contributed by atoms with E-state index in [1.54, 1.807) is 6.20 Å². The first kappa shape index (κ1) is 18.1. The zero-order chi connectivity index (χ0) is 20.5. The molecule has 1 N–H and O–H groups in total. The zero-order valence-corrected chi connectivity index (χ0v) is 16.8. The third-order valence-electron chi connectivity index (χ3n) is 4.92. The summed E-state index contributed by atoms with van der Waals surface area (Å²) in [5.74, 6) is 1.57. The van der Waals surface area contributed by atoms with Crippen molar-refractivity contribution in [1.29, 1.82) is 0 Å². The molecule has 7 heteroatoms. The molecule has 5 heterocycles. The second kappa shape index (κ2) is 7.44. The summed E-state index contributed by atoms with van der Waals surface area (Å²) in [7, 11) is 0. The number of nitrogens with one attached hydrogen (secondary N) is 1. The number of hydrogen-bond acceptors (Lipinski definition) is 5. The minimum atomic E-state index is 0.668. The second-order valence-electron chi connectivity index (χ2n) is 7.23. The summed E-state index contributed by atoms with van der Waals surface area (Å²) in [5, 5.41) is 8.23. The second-order valence-corrected chi connectivity index (χ2v) is 7.23. The molecule has 5 aromatic rings. The monoisotopic (exact) mass is 395 g/mol. The molecule has 0 aliphatic carbocycles. The zero-order valence-electron chi connectivity index (χ0n) is 16.8. The Hall–Kier alpha value is -4.00. The first-order valence-electron chi connectivity index (χ1n) is 9.78. The number of hydrogen-bond donors (Lipinski definition) is 1. The Balaban J connectivity index is 1.55. The van der Waals surface area contributed by atoms with Gasteiger partial charge in [-0.3, -0.25) is 4.98 Å². The van der Waals surface area contributed by atoms with Crippen LogP contribution < -0.4 is 5.32 Å². The van der Waals surface area contributed by atoms with Crippen molar-refractivity contribution in [2.45, 2.75) is 20.4 Å². The van der Waals surface area contributed by atoms with Crippen molar-refractivity contribution in [2.75, 3.05) is 5.32 Å². The van der Waals surface area contributed by atoms with E-state index in [4.69, 9.17) is 5.10 Å². The summed E-state index contributed by atoms with van der Waals surface area (Å²) in [6.07, 6.45) is 7.62. The molecule has 0 fully saturated rings. The fourth-order valence-corrected chi connectivity index (χ4v) is 3.47. The van der Waals surface area contributed by atoms with E-state index in [1.165, 1.54) is 0 Å². The maximum absolute atomic E-state index is 4.81. The van der Waals surface area contributed by atoms with Crippen molar-refractivity contribution in [3.05, 3.63) is 90.3 Å². The number of pyridine rings is 3. The number of nitrogens with zero attached hydrogens (tertiary/aromatic N) is 6. The van der Waals surface area contributed by atoms with Crippen LogP contribution >= 0.6 is 0 Å². The quantitative estimate of drug-likeness (QED) is 0.483. The lowest BCUT2D eigenvalue weighted by Crippen LogP contribution is -2.05. The number of anilines is 1. The lowest BCUT2D eigenvalue weighted by Gasteiger charge is -2.08. The van der Waals surface area contributed by atoms with E-state index >= 15 is 0 Å². The molecule has 0 spiro atoms. The van der Waals surface area contributed by atoms with Crippen LogP contribution in [-0.2, 0) is 6.54 Å². The van der Waals surface area contributed by atoms with Gasteiger partial charge in [-0.05, 0) is 55.8 Å². The molecule has 7 nitrogen and oxygen atoms in total. The van der Waals surface area contributed by atoms with Crippen molar-refractivity contribution in [2.24, 2.45) is 0 Å². The van der Waals surface area contributed by atoms with Gasteiger partial charge in [-0.2, -0.15) is 0 Å². The van der Waals surface area contributed by atoms with Crippen LogP contribution in [0.3, 0.4) is 0 Å². The average Bonchev–Trinajstić information content (AvgIpc) is 3.39. The van der Waals surface area contributed by atoms with E-state index in [0.717, 1.165) is 45.5 Å². The van der Waals surface area contributed by atoms with Crippen molar-refractivity contribution < 1.29 is 0 Å². The number of aromatic nitrogens is 6. The highest BCUT2D eigenvalue weighted by Crippen LogP contribution is 2.26. The van der Waals surface area contributed by atoms with Crippen LogP contribution in [-0.4, -0.2) is 29.1 Å². The Labute approximate surface area is 174 Å². The Morgan fingerprint density at radius 1 is 0.933 bits per heavy atom. The van der Waals surface area contributed by atoms with Crippen LogP contribution in [0.2, 0.25) is 0 Å². The summed E-state index contributed by atoms with van der Waals surface area (Å²) in [6.45, 7) is 4.64. The van der Waals surface area contributed by atoms with E-state index in [9.17, 15) is 0 Å². The maximum atomic E-state index is 4.81. The molecule has 0 amide bonds. The van der Waals surface area contributed by atoms with Gasteiger partial charge in [0.15, 0.2) is 5.82 Å². The predicted molar refractivity (Wildman–Crippen MR) is 117 cm³/mol. The van der Waals surface area contributed by atoms with E-state index in [1.807, 2.05) is 65.7 Å². The summed E-state index contributed by atoms with van der Waals surface area (Å²) in [6, 6.07) is 16.1. The Morgan fingerprint density at radius 3 is 2.73 bits per heavy atom. The van der Waals surface area contributed by atoms with Gasteiger partial charge >= 0.3 is 0 Å². The smallest absolute Gasteiger partial charge is 0.154 e. The summed E-state index contributed by atoms with van der Waals surface area (Å²) >= 11 is 0. The third kappa shape index (κ3) is 3.53. The molecule has 0 unspecified atom stereocenters. The standard InChI is InChI=1S/C23H21N7/c1-16-4-3-5-23(27-16)30-20(19-6-7-22-25-10-11-29(22)15-19)13-21(28-30)26-14-18-8-9-24-17(2)12-18/h3-13,15H,14H2,1-2H3,(H,26,28). The molecule has 0 aromatic carbocycles. The Bertz CT molecular complexity index is 1330. The van der Waals surface area contributed by atoms with Crippen LogP contribution in [0, 0.1) is 13.8 Å². The largest absolute Gasteiger partial charge is 0.364 e. The van der Waals surface area contributed by atoms with Gasteiger partial charge in [-0.1, -0.05) is 6.07 Å². The normalized spacial score (nSPS) is 11.1. The molecule has 0 bridgehead atoms. The molecule has 0 aliphatic heterocycles.